The largest absolute Gasteiger partial charge is 0.493 e. The summed E-state index contributed by atoms with van der Waals surface area (Å²) in [6.07, 6.45) is 7.85. The molecule has 1 aromatic carbocycles. The number of carbonyl (C=O) groups is 1. The van der Waals surface area contributed by atoms with E-state index in [-0.39, 0.29) is 12.5 Å². The lowest BCUT2D eigenvalue weighted by Gasteiger charge is -2.16. The number of amides is 1. The lowest BCUT2D eigenvalue weighted by molar-refractivity contribution is -0.123. The molecule has 1 aliphatic carbocycles. The van der Waals surface area contributed by atoms with Gasteiger partial charge >= 0.3 is 0 Å². The Labute approximate surface area is 138 Å². The van der Waals surface area contributed by atoms with Gasteiger partial charge in [-0.25, -0.2) is 0 Å². The molecule has 0 aromatic heterocycles. The van der Waals surface area contributed by atoms with E-state index in [2.05, 4.69) is 10.6 Å². The molecule has 2 N–H and O–H groups in total. The van der Waals surface area contributed by atoms with Gasteiger partial charge in [0.25, 0.3) is 5.91 Å². The molecule has 0 heterocycles. The van der Waals surface area contributed by atoms with Crippen LogP contribution in [0.3, 0.4) is 0 Å². The van der Waals surface area contributed by atoms with Gasteiger partial charge in [-0.15, -0.1) is 0 Å². The summed E-state index contributed by atoms with van der Waals surface area (Å²) in [7, 11) is 1.58. The maximum Gasteiger partial charge on any atom is 0.257 e. The summed E-state index contributed by atoms with van der Waals surface area (Å²) >= 11 is 0. The number of hydrogen-bond donors (Lipinski definition) is 2. The van der Waals surface area contributed by atoms with E-state index in [0.717, 1.165) is 6.54 Å². The third-order valence-electron chi connectivity index (χ3n) is 4.16. The van der Waals surface area contributed by atoms with Crippen LogP contribution in [-0.2, 0) is 4.79 Å². The van der Waals surface area contributed by atoms with E-state index < -0.39 is 0 Å². The highest BCUT2D eigenvalue weighted by molar-refractivity contribution is 5.77. The maximum atomic E-state index is 11.8. The fourth-order valence-electron chi connectivity index (χ4n) is 2.89. The van der Waals surface area contributed by atoms with Gasteiger partial charge < -0.3 is 20.1 Å². The second-order valence-electron chi connectivity index (χ2n) is 5.93. The highest BCUT2D eigenvalue weighted by atomic mass is 16.5. The van der Waals surface area contributed by atoms with Crippen molar-refractivity contribution in [3.8, 4) is 11.5 Å². The number of rotatable bonds is 8. The molecule has 0 saturated heterocycles. The Balaban J connectivity index is 1.59. The molecule has 0 bridgehead atoms. The third-order valence-corrected chi connectivity index (χ3v) is 4.16. The molecule has 128 valence electrons. The summed E-state index contributed by atoms with van der Waals surface area (Å²) in [5, 5.41) is 6.41. The Morgan fingerprint density at radius 3 is 2.48 bits per heavy atom. The quantitative estimate of drug-likeness (QED) is 0.571. The van der Waals surface area contributed by atoms with Crippen molar-refractivity contribution in [2.75, 3.05) is 26.8 Å². The molecular formula is C18H28N2O3. The molecule has 5 heteroatoms. The zero-order valence-corrected chi connectivity index (χ0v) is 14.0. The molecule has 0 aliphatic heterocycles. The molecule has 23 heavy (non-hydrogen) atoms. The Morgan fingerprint density at radius 1 is 1.09 bits per heavy atom. The van der Waals surface area contributed by atoms with Crippen LogP contribution in [0.1, 0.15) is 38.5 Å². The summed E-state index contributed by atoms with van der Waals surface area (Å²) in [5.74, 6) is 1.11. The van der Waals surface area contributed by atoms with Crippen LogP contribution in [0.4, 0.5) is 0 Å². The number of nitrogens with one attached hydrogen (secondary N) is 2. The monoisotopic (exact) mass is 320 g/mol. The SMILES string of the molecule is COc1ccccc1OCC(=O)NCCNC1CCCCCC1. The average molecular weight is 320 g/mol. The Kier molecular flexibility index (Phi) is 7.73. The lowest BCUT2D eigenvalue weighted by atomic mass is 10.1. The lowest BCUT2D eigenvalue weighted by Crippen LogP contribution is -2.38. The van der Waals surface area contributed by atoms with Crippen LogP contribution < -0.4 is 20.1 Å². The highest BCUT2D eigenvalue weighted by Gasteiger charge is 2.11. The van der Waals surface area contributed by atoms with Gasteiger partial charge in [0.2, 0.25) is 0 Å². The normalized spacial score (nSPS) is 15.7. The van der Waals surface area contributed by atoms with Gasteiger partial charge in [0, 0.05) is 19.1 Å². The molecule has 0 unspecified atom stereocenters. The first-order chi connectivity index (χ1) is 11.3. The molecule has 0 spiro atoms. The summed E-state index contributed by atoms with van der Waals surface area (Å²) in [6, 6.07) is 7.93. The van der Waals surface area contributed by atoms with Crippen LogP contribution in [-0.4, -0.2) is 38.8 Å². The van der Waals surface area contributed by atoms with Gasteiger partial charge in [-0.05, 0) is 25.0 Å². The molecule has 5 nitrogen and oxygen atoms in total. The number of methoxy groups -OCH3 is 1. The van der Waals surface area contributed by atoms with Gasteiger partial charge in [0.1, 0.15) is 0 Å². The summed E-state index contributed by atoms with van der Waals surface area (Å²) < 4.78 is 10.7. The topological polar surface area (TPSA) is 59.6 Å². The van der Waals surface area contributed by atoms with Crippen LogP contribution >= 0.6 is 0 Å². The van der Waals surface area contributed by atoms with Gasteiger partial charge in [-0.3, -0.25) is 4.79 Å². The van der Waals surface area contributed by atoms with E-state index in [4.69, 9.17) is 9.47 Å². The minimum Gasteiger partial charge on any atom is -0.493 e. The van der Waals surface area contributed by atoms with E-state index in [1.54, 1.807) is 13.2 Å². The van der Waals surface area contributed by atoms with Crippen LogP contribution in [0.15, 0.2) is 24.3 Å². The highest BCUT2D eigenvalue weighted by Crippen LogP contribution is 2.25. The Bertz CT molecular complexity index is 471. The molecule has 1 saturated carbocycles. The molecule has 1 fully saturated rings. The molecular weight excluding hydrogens is 292 g/mol. The fraction of sp³-hybridized carbons (Fsp3) is 0.611. The van der Waals surface area contributed by atoms with Gasteiger partial charge in [-0.2, -0.15) is 0 Å². The molecule has 0 radical (unpaired) electrons. The minimum atomic E-state index is -0.112. The number of carbonyl (C=O) groups excluding carboxylic acids is 1. The number of benzene rings is 1. The van der Waals surface area contributed by atoms with E-state index >= 15 is 0 Å². The molecule has 1 aliphatic rings. The standard InChI is InChI=1S/C18H28N2O3/c1-22-16-10-6-7-11-17(16)23-14-18(21)20-13-12-19-15-8-4-2-3-5-9-15/h6-7,10-11,15,19H,2-5,8-9,12-14H2,1H3,(H,20,21). The predicted octanol–water partition coefficient (Wildman–Crippen LogP) is 2.50. The summed E-state index contributed by atoms with van der Waals surface area (Å²) in [5.41, 5.74) is 0. The maximum absolute atomic E-state index is 11.8. The van der Waals surface area contributed by atoms with Crippen LogP contribution in [0, 0.1) is 0 Å². The second-order valence-corrected chi connectivity index (χ2v) is 5.93. The number of hydrogen-bond acceptors (Lipinski definition) is 4. The molecule has 1 aromatic rings. The summed E-state index contributed by atoms with van der Waals surface area (Å²) in [4.78, 5) is 11.8. The Hall–Kier alpha value is -1.75. The van der Waals surface area contributed by atoms with Crippen molar-refractivity contribution in [3.05, 3.63) is 24.3 Å². The van der Waals surface area contributed by atoms with Gasteiger partial charge in [0.15, 0.2) is 18.1 Å². The van der Waals surface area contributed by atoms with Crippen LogP contribution in [0.5, 0.6) is 11.5 Å². The van der Waals surface area contributed by atoms with Crippen LogP contribution in [0.25, 0.3) is 0 Å². The van der Waals surface area contributed by atoms with E-state index in [1.807, 2.05) is 18.2 Å². The third kappa shape index (κ3) is 6.48. The van der Waals surface area contributed by atoms with Crippen molar-refractivity contribution < 1.29 is 14.3 Å². The molecule has 0 atom stereocenters. The first kappa shape index (κ1) is 17.6. The summed E-state index contributed by atoms with van der Waals surface area (Å²) in [6.45, 7) is 1.44. The number of para-hydroxylation sites is 2. The average Bonchev–Trinajstić information content (AvgIpc) is 2.86. The molecule has 2 rings (SSSR count). The van der Waals surface area contributed by atoms with Crippen molar-refractivity contribution in [2.45, 2.75) is 44.6 Å². The van der Waals surface area contributed by atoms with E-state index in [9.17, 15) is 4.79 Å². The van der Waals surface area contributed by atoms with Crippen molar-refractivity contribution >= 4 is 5.91 Å². The van der Waals surface area contributed by atoms with E-state index in [1.165, 1.54) is 38.5 Å². The van der Waals surface area contributed by atoms with Crippen molar-refractivity contribution in [3.63, 3.8) is 0 Å². The first-order valence-electron chi connectivity index (χ1n) is 8.55. The first-order valence-corrected chi connectivity index (χ1v) is 8.55. The smallest absolute Gasteiger partial charge is 0.257 e. The van der Waals surface area contributed by atoms with E-state index in [0.29, 0.717) is 24.1 Å². The second kappa shape index (κ2) is 10.1. The fourth-order valence-corrected chi connectivity index (χ4v) is 2.89. The minimum absolute atomic E-state index is 0.00377. The zero-order valence-electron chi connectivity index (χ0n) is 14.0. The zero-order chi connectivity index (χ0) is 16.3. The van der Waals surface area contributed by atoms with Gasteiger partial charge in [0.05, 0.1) is 7.11 Å². The van der Waals surface area contributed by atoms with Crippen molar-refractivity contribution in [1.82, 2.24) is 10.6 Å². The van der Waals surface area contributed by atoms with Crippen LogP contribution in [0.2, 0.25) is 0 Å². The van der Waals surface area contributed by atoms with Crippen molar-refractivity contribution in [2.24, 2.45) is 0 Å². The van der Waals surface area contributed by atoms with Crippen molar-refractivity contribution in [1.29, 1.82) is 0 Å². The van der Waals surface area contributed by atoms with Gasteiger partial charge in [-0.1, -0.05) is 37.8 Å². The Morgan fingerprint density at radius 2 is 1.78 bits per heavy atom. The predicted molar refractivity (Wildman–Crippen MR) is 91.0 cm³/mol. The molecule has 1 amide bonds. The number of ether oxygens (including phenoxy) is 2.